The summed E-state index contributed by atoms with van der Waals surface area (Å²) in [6.45, 7) is 0. The zero-order chi connectivity index (χ0) is 20.1. The fraction of sp³-hybridized carbons (Fsp3) is 0.167. The van der Waals surface area contributed by atoms with Gasteiger partial charge in [0.1, 0.15) is 0 Å². The number of hydrogen-bond acceptors (Lipinski definition) is 5. The van der Waals surface area contributed by atoms with Crippen LogP contribution in [0.2, 0.25) is 5.02 Å². The van der Waals surface area contributed by atoms with E-state index >= 15 is 0 Å². The lowest BCUT2D eigenvalue weighted by Gasteiger charge is -2.06. The number of rotatable bonds is 6. The van der Waals surface area contributed by atoms with Gasteiger partial charge in [-0.05, 0) is 36.4 Å². The van der Waals surface area contributed by atoms with E-state index in [9.17, 15) is 18.0 Å². The molecule has 1 aromatic heterocycles. The molecule has 2 aromatic carbocycles. The molecule has 0 fully saturated rings. The molecule has 28 heavy (non-hydrogen) atoms. The van der Waals surface area contributed by atoms with Gasteiger partial charge in [-0.2, -0.15) is 18.2 Å². The molecule has 0 unspecified atom stereocenters. The molecule has 0 saturated heterocycles. The fourth-order valence-electron chi connectivity index (χ4n) is 2.23. The second-order valence-corrected chi connectivity index (χ2v) is 7.06. The largest absolute Gasteiger partial charge is 0.416 e. The summed E-state index contributed by atoms with van der Waals surface area (Å²) in [5, 5.41) is 6.99. The topological polar surface area (TPSA) is 68.0 Å². The molecule has 1 N–H and O–H groups in total. The highest BCUT2D eigenvalue weighted by molar-refractivity contribution is 7.99. The summed E-state index contributed by atoms with van der Waals surface area (Å²) < 4.78 is 43.4. The zero-order valence-corrected chi connectivity index (χ0v) is 15.7. The van der Waals surface area contributed by atoms with Crippen molar-refractivity contribution in [3.05, 3.63) is 65.0 Å². The van der Waals surface area contributed by atoms with E-state index < -0.39 is 11.7 Å². The SMILES string of the molecule is O=C(CSCc1nc(-c2cccc(C(F)(F)F)c2)no1)Nc1ccc(Cl)cc1. The van der Waals surface area contributed by atoms with E-state index in [4.69, 9.17) is 16.1 Å². The third-order valence-corrected chi connectivity index (χ3v) is 4.67. The Morgan fingerprint density at radius 1 is 1.18 bits per heavy atom. The highest BCUT2D eigenvalue weighted by Gasteiger charge is 2.30. The van der Waals surface area contributed by atoms with Crippen molar-refractivity contribution in [3.63, 3.8) is 0 Å². The summed E-state index contributed by atoms with van der Waals surface area (Å²) in [4.78, 5) is 16.0. The van der Waals surface area contributed by atoms with Crippen molar-refractivity contribution >= 4 is 35.0 Å². The number of benzene rings is 2. The van der Waals surface area contributed by atoms with Crippen LogP contribution in [0, 0.1) is 0 Å². The molecular formula is C18H13ClF3N3O2S. The molecule has 0 aliphatic heterocycles. The van der Waals surface area contributed by atoms with Crippen LogP contribution in [0.25, 0.3) is 11.4 Å². The van der Waals surface area contributed by atoms with Gasteiger partial charge in [-0.1, -0.05) is 28.9 Å². The quantitative estimate of drug-likeness (QED) is 0.579. The first-order chi connectivity index (χ1) is 13.3. The lowest BCUT2D eigenvalue weighted by Crippen LogP contribution is -2.14. The Kier molecular flexibility index (Phi) is 6.25. The van der Waals surface area contributed by atoms with Crippen LogP contribution >= 0.6 is 23.4 Å². The summed E-state index contributed by atoms with van der Waals surface area (Å²) >= 11 is 7.02. The molecule has 0 spiro atoms. The molecule has 5 nitrogen and oxygen atoms in total. The molecule has 1 heterocycles. The van der Waals surface area contributed by atoms with Crippen LogP contribution < -0.4 is 5.32 Å². The number of carbonyl (C=O) groups excluding carboxylic acids is 1. The van der Waals surface area contributed by atoms with E-state index in [0.717, 1.165) is 12.1 Å². The Morgan fingerprint density at radius 3 is 2.64 bits per heavy atom. The van der Waals surface area contributed by atoms with Crippen LogP contribution in [0.5, 0.6) is 0 Å². The summed E-state index contributed by atoms with van der Waals surface area (Å²) in [5.41, 5.74) is 0.0412. The molecule has 10 heteroatoms. The van der Waals surface area contributed by atoms with Crippen LogP contribution in [0.1, 0.15) is 11.5 Å². The minimum absolute atomic E-state index is 0.0623. The number of carbonyl (C=O) groups is 1. The van der Waals surface area contributed by atoms with Gasteiger partial charge < -0.3 is 9.84 Å². The second kappa shape index (κ2) is 8.66. The van der Waals surface area contributed by atoms with Crippen LogP contribution in [0.4, 0.5) is 18.9 Å². The summed E-state index contributed by atoms with van der Waals surface area (Å²) in [6.07, 6.45) is -4.45. The Hall–Kier alpha value is -2.52. The van der Waals surface area contributed by atoms with Gasteiger partial charge in [-0.3, -0.25) is 4.79 Å². The maximum atomic E-state index is 12.8. The van der Waals surface area contributed by atoms with Gasteiger partial charge in [-0.25, -0.2) is 0 Å². The van der Waals surface area contributed by atoms with Crippen molar-refractivity contribution in [2.75, 3.05) is 11.1 Å². The lowest BCUT2D eigenvalue weighted by molar-refractivity contribution is -0.137. The summed E-state index contributed by atoms with van der Waals surface area (Å²) in [5.74, 6) is 0.457. The first kappa shape index (κ1) is 20.2. The highest BCUT2D eigenvalue weighted by Crippen LogP contribution is 2.31. The Morgan fingerprint density at radius 2 is 1.93 bits per heavy atom. The first-order valence-corrected chi connectivity index (χ1v) is 9.48. The van der Waals surface area contributed by atoms with Crippen LogP contribution in [0.3, 0.4) is 0 Å². The molecule has 3 aromatic rings. The smallest absolute Gasteiger partial charge is 0.338 e. The first-order valence-electron chi connectivity index (χ1n) is 7.94. The van der Waals surface area contributed by atoms with Gasteiger partial charge in [0.15, 0.2) is 0 Å². The minimum atomic E-state index is -4.45. The van der Waals surface area contributed by atoms with Crippen molar-refractivity contribution in [1.29, 1.82) is 0 Å². The molecule has 1 amide bonds. The number of amides is 1. The van der Waals surface area contributed by atoms with Gasteiger partial charge in [-0.15, -0.1) is 11.8 Å². The number of nitrogens with zero attached hydrogens (tertiary/aromatic N) is 2. The molecule has 0 radical (unpaired) electrons. The number of halogens is 4. The zero-order valence-electron chi connectivity index (χ0n) is 14.2. The van der Waals surface area contributed by atoms with E-state index in [1.807, 2.05) is 0 Å². The molecule has 0 aliphatic rings. The predicted octanol–water partition coefficient (Wildman–Crippen LogP) is 5.28. The van der Waals surface area contributed by atoms with E-state index in [-0.39, 0.29) is 34.7 Å². The third kappa shape index (κ3) is 5.49. The molecular weight excluding hydrogens is 415 g/mol. The van der Waals surface area contributed by atoms with Crippen LogP contribution in [-0.2, 0) is 16.7 Å². The maximum Gasteiger partial charge on any atom is 0.416 e. The number of alkyl halides is 3. The monoisotopic (exact) mass is 427 g/mol. The van der Waals surface area contributed by atoms with Crippen molar-refractivity contribution in [2.45, 2.75) is 11.9 Å². The molecule has 0 saturated carbocycles. The van der Waals surface area contributed by atoms with Gasteiger partial charge in [0.2, 0.25) is 17.6 Å². The van der Waals surface area contributed by atoms with Gasteiger partial charge >= 0.3 is 6.18 Å². The van der Waals surface area contributed by atoms with Crippen molar-refractivity contribution < 1.29 is 22.5 Å². The van der Waals surface area contributed by atoms with E-state index in [0.29, 0.717) is 10.7 Å². The predicted molar refractivity (Wildman–Crippen MR) is 101 cm³/mol. The van der Waals surface area contributed by atoms with E-state index in [1.54, 1.807) is 24.3 Å². The molecule has 0 atom stereocenters. The van der Waals surface area contributed by atoms with Crippen LogP contribution in [0.15, 0.2) is 53.1 Å². The standard InChI is InChI=1S/C18H13ClF3N3O2S/c19-13-4-6-14(7-5-13)23-15(26)9-28-10-16-24-17(25-27-16)11-2-1-3-12(8-11)18(20,21)22/h1-8H,9-10H2,(H,23,26). The molecule has 3 rings (SSSR count). The summed E-state index contributed by atoms with van der Waals surface area (Å²) in [7, 11) is 0. The highest BCUT2D eigenvalue weighted by atomic mass is 35.5. The lowest BCUT2D eigenvalue weighted by atomic mass is 10.1. The average Bonchev–Trinajstić information content (AvgIpc) is 3.12. The molecule has 0 bridgehead atoms. The number of anilines is 1. The summed E-state index contributed by atoms with van der Waals surface area (Å²) in [6, 6.07) is 11.4. The Bertz CT molecular complexity index is 961. The van der Waals surface area contributed by atoms with Gasteiger partial charge in [0.25, 0.3) is 0 Å². The van der Waals surface area contributed by atoms with Crippen molar-refractivity contribution in [1.82, 2.24) is 10.1 Å². The maximum absolute atomic E-state index is 12.8. The Labute approximate surface area is 167 Å². The fourth-order valence-corrected chi connectivity index (χ4v) is 3.00. The number of aromatic nitrogens is 2. The normalized spacial score (nSPS) is 11.4. The van der Waals surface area contributed by atoms with Crippen LogP contribution in [-0.4, -0.2) is 21.8 Å². The van der Waals surface area contributed by atoms with Gasteiger partial charge in [0.05, 0.1) is 17.1 Å². The second-order valence-electron chi connectivity index (χ2n) is 5.64. The van der Waals surface area contributed by atoms with Crippen molar-refractivity contribution in [2.24, 2.45) is 0 Å². The number of nitrogens with one attached hydrogen (secondary N) is 1. The van der Waals surface area contributed by atoms with Crippen molar-refractivity contribution in [3.8, 4) is 11.4 Å². The van der Waals surface area contributed by atoms with E-state index in [1.165, 1.54) is 23.9 Å². The minimum Gasteiger partial charge on any atom is -0.338 e. The van der Waals surface area contributed by atoms with E-state index in [2.05, 4.69) is 15.5 Å². The Balaban J connectivity index is 1.54. The third-order valence-electron chi connectivity index (χ3n) is 3.50. The molecule has 0 aliphatic carbocycles. The average molecular weight is 428 g/mol. The number of hydrogen-bond donors (Lipinski definition) is 1. The number of thioether (sulfide) groups is 1. The molecule has 146 valence electrons. The van der Waals surface area contributed by atoms with Gasteiger partial charge in [0, 0.05) is 16.3 Å².